The first-order valence-corrected chi connectivity index (χ1v) is 9.77. The fourth-order valence-corrected chi connectivity index (χ4v) is 4.33. The molecule has 1 unspecified atom stereocenters. The van der Waals surface area contributed by atoms with Crippen LogP contribution in [0.1, 0.15) is 19.3 Å². The minimum Gasteiger partial charge on any atom is -0.396 e. The van der Waals surface area contributed by atoms with Crippen molar-refractivity contribution in [3.05, 3.63) is 28.7 Å². The molecular weight excluding hydrogens is 354 g/mol. The molecule has 21 heavy (non-hydrogen) atoms. The van der Waals surface area contributed by atoms with Crippen molar-refractivity contribution in [3.63, 3.8) is 0 Å². The van der Waals surface area contributed by atoms with E-state index in [1.807, 2.05) is 0 Å². The molecule has 2 rings (SSSR count). The lowest BCUT2D eigenvalue weighted by Crippen LogP contribution is -2.38. The number of hydrogen-bond acceptors (Lipinski definition) is 4. The van der Waals surface area contributed by atoms with E-state index in [1.54, 1.807) is 24.3 Å². The van der Waals surface area contributed by atoms with Crippen LogP contribution in [0.4, 0.5) is 0 Å². The molecule has 0 bridgehead atoms. The fourth-order valence-electron chi connectivity index (χ4n) is 2.78. The zero-order valence-corrected chi connectivity index (χ0v) is 14.4. The number of rotatable bonds is 6. The molecule has 1 N–H and O–H groups in total. The Morgan fingerprint density at radius 3 is 2.67 bits per heavy atom. The fraction of sp³-hybridized carbons (Fsp3) is 0.600. The number of hydrogen-bond donors (Lipinski definition) is 1. The first kappa shape index (κ1) is 16.9. The van der Waals surface area contributed by atoms with E-state index in [0.29, 0.717) is 17.4 Å². The lowest BCUT2D eigenvalue weighted by molar-refractivity contribution is 0.154. The van der Waals surface area contributed by atoms with Crippen molar-refractivity contribution in [2.24, 2.45) is 5.92 Å². The monoisotopic (exact) mass is 375 g/mol. The Labute approximate surface area is 135 Å². The summed E-state index contributed by atoms with van der Waals surface area (Å²) in [6.45, 7) is 2.64. The number of sulfone groups is 1. The maximum absolute atomic E-state index is 12.3. The van der Waals surface area contributed by atoms with Crippen LogP contribution >= 0.6 is 15.9 Å². The number of aliphatic hydroxyl groups excluding tert-OH is 1. The van der Waals surface area contributed by atoms with Crippen molar-refractivity contribution >= 4 is 25.8 Å². The molecule has 1 heterocycles. The van der Waals surface area contributed by atoms with Crippen molar-refractivity contribution in [2.45, 2.75) is 24.2 Å². The van der Waals surface area contributed by atoms with Gasteiger partial charge < -0.3 is 10.0 Å². The van der Waals surface area contributed by atoms with Crippen LogP contribution in [0.15, 0.2) is 33.6 Å². The third-order valence-electron chi connectivity index (χ3n) is 3.99. The average Bonchev–Trinajstić information content (AvgIpc) is 2.47. The van der Waals surface area contributed by atoms with Gasteiger partial charge in [0.25, 0.3) is 0 Å². The number of benzene rings is 1. The van der Waals surface area contributed by atoms with Crippen LogP contribution in [-0.4, -0.2) is 50.4 Å². The highest BCUT2D eigenvalue weighted by Crippen LogP contribution is 2.20. The van der Waals surface area contributed by atoms with Crippen LogP contribution in [0.2, 0.25) is 0 Å². The molecule has 0 radical (unpaired) electrons. The maximum Gasteiger partial charge on any atom is 0.179 e. The quantitative estimate of drug-likeness (QED) is 0.828. The predicted molar refractivity (Wildman–Crippen MR) is 87.1 cm³/mol. The summed E-state index contributed by atoms with van der Waals surface area (Å²) >= 11 is 3.31. The topological polar surface area (TPSA) is 57.6 Å². The largest absolute Gasteiger partial charge is 0.396 e. The highest BCUT2D eigenvalue weighted by molar-refractivity contribution is 9.10. The summed E-state index contributed by atoms with van der Waals surface area (Å²) in [5.41, 5.74) is 0. The molecule has 1 aliphatic heterocycles. The zero-order chi connectivity index (χ0) is 15.3. The molecule has 118 valence electrons. The standard InChI is InChI=1S/C15H22BrNO3S/c16-14-3-5-15(6-4-14)21(19,20)11-9-17-8-1-2-13(12-17)7-10-18/h3-6,13,18H,1-2,7-12H2. The van der Waals surface area contributed by atoms with Gasteiger partial charge in [-0.15, -0.1) is 0 Å². The van der Waals surface area contributed by atoms with E-state index in [2.05, 4.69) is 20.8 Å². The summed E-state index contributed by atoms with van der Waals surface area (Å²) in [6, 6.07) is 6.80. The normalized spacial score (nSPS) is 20.6. The van der Waals surface area contributed by atoms with Crippen molar-refractivity contribution in [1.82, 2.24) is 4.90 Å². The van der Waals surface area contributed by atoms with Crippen LogP contribution in [0.5, 0.6) is 0 Å². The van der Waals surface area contributed by atoms with Gasteiger partial charge in [-0.3, -0.25) is 0 Å². The van der Waals surface area contributed by atoms with Crippen molar-refractivity contribution in [1.29, 1.82) is 0 Å². The van der Waals surface area contributed by atoms with Gasteiger partial charge in [0.05, 0.1) is 10.6 Å². The first-order valence-electron chi connectivity index (χ1n) is 7.33. The number of likely N-dealkylation sites (tertiary alicyclic amines) is 1. The van der Waals surface area contributed by atoms with Crippen molar-refractivity contribution in [2.75, 3.05) is 32.0 Å². The van der Waals surface area contributed by atoms with Crippen molar-refractivity contribution in [3.8, 4) is 0 Å². The third-order valence-corrected chi connectivity index (χ3v) is 6.23. The second kappa shape index (κ2) is 7.72. The van der Waals surface area contributed by atoms with E-state index in [4.69, 9.17) is 5.11 Å². The Kier molecular flexibility index (Phi) is 6.22. The van der Waals surface area contributed by atoms with Crippen LogP contribution < -0.4 is 0 Å². The minimum atomic E-state index is -3.22. The molecular formula is C15H22BrNO3S. The molecule has 1 saturated heterocycles. The molecule has 1 aliphatic rings. The number of halogens is 1. The molecule has 0 amide bonds. The van der Waals surface area contributed by atoms with Crippen LogP contribution in [0, 0.1) is 5.92 Å². The van der Waals surface area contributed by atoms with Gasteiger partial charge in [-0.2, -0.15) is 0 Å². The molecule has 0 aromatic heterocycles. The Balaban J connectivity index is 1.91. The summed E-state index contributed by atoms with van der Waals surface area (Å²) in [6.07, 6.45) is 3.04. The average molecular weight is 376 g/mol. The Hall–Kier alpha value is -0.430. The highest BCUT2D eigenvalue weighted by Gasteiger charge is 2.22. The van der Waals surface area contributed by atoms with E-state index in [1.165, 1.54) is 0 Å². The molecule has 1 fully saturated rings. The number of piperidine rings is 1. The molecule has 0 saturated carbocycles. The van der Waals surface area contributed by atoms with E-state index in [-0.39, 0.29) is 12.4 Å². The molecule has 4 nitrogen and oxygen atoms in total. The van der Waals surface area contributed by atoms with Crippen LogP contribution in [0.25, 0.3) is 0 Å². The van der Waals surface area contributed by atoms with Gasteiger partial charge in [-0.25, -0.2) is 8.42 Å². The maximum atomic E-state index is 12.3. The van der Waals surface area contributed by atoms with E-state index < -0.39 is 9.84 Å². The Morgan fingerprint density at radius 2 is 2.00 bits per heavy atom. The lowest BCUT2D eigenvalue weighted by Gasteiger charge is -2.32. The number of aliphatic hydroxyl groups is 1. The minimum absolute atomic E-state index is 0.153. The van der Waals surface area contributed by atoms with Crippen LogP contribution in [-0.2, 0) is 9.84 Å². The summed E-state index contributed by atoms with van der Waals surface area (Å²) in [7, 11) is -3.22. The van der Waals surface area contributed by atoms with Gasteiger partial charge in [0.1, 0.15) is 0 Å². The highest BCUT2D eigenvalue weighted by atomic mass is 79.9. The van der Waals surface area contributed by atoms with Crippen LogP contribution in [0.3, 0.4) is 0 Å². The summed E-state index contributed by atoms with van der Waals surface area (Å²) in [5.74, 6) is 0.652. The molecule has 1 atom stereocenters. The Bertz CT molecular complexity index is 543. The summed E-state index contributed by atoms with van der Waals surface area (Å²) < 4.78 is 25.5. The van der Waals surface area contributed by atoms with Crippen molar-refractivity contribution < 1.29 is 13.5 Å². The number of nitrogens with zero attached hydrogens (tertiary/aromatic N) is 1. The van der Waals surface area contributed by atoms with Gasteiger partial charge in [-0.05, 0) is 56.0 Å². The SMILES string of the molecule is O=S(=O)(CCN1CCCC(CCO)C1)c1ccc(Br)cc1. The van der Waals surface area contributed by atoms with Gasteiger partial charge in [0.2, 0.25) is 0 Å². The van der Waals surface area contributed by atoms with E-state index in [0.717, 1.165) is 36.8 Å². The van der Waals surface area contributed by atoms with E-state index in [9.17, 15) is 8.42 Å². The lowest BCUT2D eigenvalue weighted by atomic mass is 9.95. The van der Waals surface area contributed by atoms with Gasteiger partial charge in [0.15, 0.2) is 9.84 Å². The zero-order valence-electron chi connectivity index (χ0n) is 12.0. The second-order valence-corrected chi connectivity index (χ2v) is 8.62. The van der Waals surface area contributed by atoms with Gasteiger partial charge in [0, 0.05) is 24.2 Å². The molecule has 0 aliphatic carbocycles. The van der Waals surface area contributed by atoms with Gasteiger partial charge >= 0.3 is 0 Å². The predicted octanol–water partition coefficient (Wildman–Crippen LogP) is 2.32. The summed E-state index contributed by atoms with van der Waals surface area (Å²) in [5, 5.41) is 9.02. The Morgan fingerprint density at radius 1 is 1.29 bits per heavy atom. The molecule has 1 aromatic rings. The molecule has 0 spiro atoms. The van der Waals surface area contributed by atoms with Gasteiger partial charge in [-0.1, -0.05) is 15.9 Å². The molecule has 1 aromatic carbocycles. The first-order chi connectivity index (χ1) is 10.0. The smallest absolute Gasteiger partial charge is 0.179 e. The third kappa shape index (κ3) is 5.06. The van der Waals surface area contributed by atoms with E-state index >= 15 is 0 Å². The molecule has 6 heteroatoms. The second-order valence-electron chi connectivity index (χ2n) is 5.59. The summed E-state index contributed by atoms with van der Waals surface area (Å²) in [4.78, 5) is 2.59.